The van der Waals surface area contributed by atoms with Crippen molar-refractivity contribution in [3.05, 3.63) is 82.5 Å². The van der Waals surface area contributed by atoms with Crippen LogP contribution in [0.1, 0.15) is 39.1 Å². The number of hydrogen-bond donors (Lipinski definition) is 2. The fourth-order valence-corrected chi connectivity index (χ4v) is 3.62. The number of carbonyl (C=O) groups is 2. The maximum atomic E-state index is 12.5. The summed E-state index contributed by atoms with van der Waals surface area (Å²) in [5.74, 6) is 0.599. The normalized spacial score (nSPS) is 11.1. The third-order valence-electron chi connectivity index (χ3n) is 5.34. The number of amides is 2. The molecular formula is C28H30N6O6. The Kier molecular flexibility index (Phi) is 8.57. The van der Waals surface area contributed by atoms with Gasteiger partial charge < -0.3 is 19.3 Å². The molecule has 0 bridgehead atoms. The lowest BCUT2D eigenvalue weighted by molar-refractivity contribution is 0.0517. The molecule has 2 heterocycles. The second-order valence-electron chi connectivity index (χ2n) is 9.70. The van der Waals surface area contributed by atoms with Crippen LogP contribution >= 0.6 is 0 Å². The first kappa shape index (κ1) is 28.0. The van der Waals surface area contributed by atoms with Crippen molar-refractivity contribution < 1.29 is 23.6 Å². The van der Waals surface area contributed by atoms with Crippen molar-refractivity contribution >= 4 is 17.9 Å². The van der Waals surface area contributed by atoms with Gasteiger partial charge in [-0.05, 0) is 51.5 Å². The van der Waals surface area contributed by atoms with Crippen molar-refractivity contribution in [2.45, 2.75) is 46.4 Å². The van der Waals surface area contributed by atoms with Crippen molar-refractivity contribution in [3.8, 4) is 22.6 Å². The van der Waals surface area contributed by atoms with Crippen LogP contribution in [0, 0.1) is 0 Å². The number of aromatic nitrogens is 4. The number of nitrogens with one attached hydrogen (secondary N) is 2. The maximum Gasteiger partial charge on any atom is 0.411 e. The van der Waals surface area contributed by atoms with E-state index in [1.807, 2.05) is 30.3 Å². The molecule has 2 aromatic heterocycles. The van der Waals surface area contributed by atoms with Crippen LogP contribution in [0.3, 0.4) is 0 Å². The number of alkyl carbamates (subject to hydrolysis) is 1. The molecule has 0 unspecified atom stereocenters. The molecule has 0 spiro atoms. The molecule has 0 saturated carbocycles. The Balaban J connectivity index is 1.43. The highest BCUT2D eigenvalue weighted by atomic mass is 16.6. The summed E-state index contributed by atoms with van der Waals surface area (Å²) in [4.78, 5) is 40.4. The van der Waals surface area contributed by atoms with E-state index in [0.717, 1.165) is 11.1 Å². The van der Waals surface area contributed by atoms with Gasteiger partial charge >= 0.3 is 12.2 Å². The number of anilines is 1. The zero-order valence-electron chi connectivity index (χ0n) is 22.6. The molecule has 12 heteroatoms. The maximum absolute atomic E-state index is 12.5. The number of nitrogens with zero attached hydrogens (tertiary/aromatic N) is 4. The standard InChI is InChI=1S/C28H30N6O6/c1-5-38-27(37)30-21-8-6-7-18(15-21)17-34-24(35)14-13-22(32-34)19-9-11-20(12-10-19)25-31-23(40-33-25)16-29-26(36)39-28(2,3)4/h6-15H,5,16-17H2,1-4H3,(H,29,36)(H,30,37). The molecule has 12 nitrogen and oxygen atoms in total. The van der Waals surface area contributed by atoms with Crippen LogP contribution in [0.4, 0.5) is 15.3 Å². The summed E-state index contributed by atoms with van der Waals surface area (Å²) in [6.45, 7) is 7.57. The zero-order valence-corrected chi connectivity index (χ0v) is 22.6. The average molecular weight is 547 g/mol. The molecule has 0 atom stereocenters. The summed E-state index contributed by atoms with van der Waals surface area (Å²) in [6.07, 6.45) is -1.12. The molecular weight excluding hydrogens is 516 g/mol. The van der Waals surface area contributed by atoms with E-state index < -0.39 is 17.8 Å². The van der Waals surface area contributed by atoms with Crippen LogP contribution in [-0.4, -0.2) is 44.3 Å². The van der Waals surface area contributed by atoms with Gasteiger partial charge in [0.1, 0.15) is 12.1 Å². The highest BCUT2D eigenvalue weighted by Gasteiger charge is 2.17. The van der Waals surface area contributed by atoms with E-state index in [1.165, 1.54) is 10.7 Å². The van der Waals surface area contributed by atoms with Crippen molar-refractivity contribution in [3.63, 3.8) is 0 Å². The molecule has 0 aliphatic rings. The number of benzene rings is 2. The van der Waals surface area contributed by atoms with Crippen molar-refractivity contribution in [1.82, 2.24) is 25.2 Å². The van der Waals surface area contributed by atoms with Crippen LogP contribution < -0.4 is 16.2 Å². The molecule has 0 saturated heterocycles. The third-order valence-corrected chi connectivity index (χ3v) is 5.34. The first-order chi connectivity index (χ1) is 19.1. The minimum Gasteiger partial charge on any atom is -0.450 e. The molecule has 2 amide bonds. The van der Waals surface area contributed by atoms with Gasteiger partial charge in [0.25, 0.3) is 5.56 Å². The molecule has 0 radical (unpaired) electrons. The van der Waals surface area contributed by atoms with E-state index in [4.69, 9.17) is 14.0 Å². The SMILES string of the molecule is CCOC(=O)Nc1cccc(Cn2nc(-c3ccc(-c4noc(CNC(=O)OC(C)(C)C)n4)cc3)ccc2=O)c1. The Morgan fingerprint density at radius 3 is 2.48 bits per heavy atom. The molecule has 208 valence electrons. The Bertz CT molecular complexity index is 1540. The van der Waals surface area contributed by atoms with Gasteiger partial charge in [0, 0.05) is 22.9 Å². The van der Waals surface area contributed by atoms with Gasteiger partial charge in [-0.15, -0.1) is 0 Å². The third kappa shape index (κ3) is 7.76. The highest BCUT2D eigenvalue weighted by Crippen LogP contribution is 2.22. The monoisotopic (exact) mass is 546 g/mol. The minimum absolute atomic E-state index is 0.0350. The lowest BCUT2D eigenvalue weighted by Crippen LogP contribution is -2.32. The topological polar surface area (TPSA) is 150 Å². The average Bonchev–Trinajstić information content (AvgIpc) is 3.37. The molecule has 2 aromatic carbocycles. The van der Waals surface area contributed by atoms with Gasteiger partial charge in [0.2, 0.25) is 11.7 Å². The Morgan fingerprint density at radius 1 is 1.00 bits per heavy atom. The Labute approximate surface area is 230 Å². The van der Waals surface area contributed by atoms with Crippen LogP contribution in [0.5, 0.6) is 0 Å². The van der Waals surface area contributed by atoms with Gasteiger partial charge in [-0.3, -0.25) is 10.1 Å². The van der Waals surface area contributed by atoms with Gasteiger partial charge in [0.15, 0.2) is 0 Å². The van der Waals surface area contributed by atoms with Gasteiger partial charge in [-0.2, -0.15) is 10.1 Å². The van der Waals surface area contributed by atoms with Crippen molar-refractivity contribution in [2.75, 3.05) is 11.9 Å². The summed E-state index contributed by atoms with van der Waals surface area (Å²) in [5.41, 5.74) is 2.56. The summed E-state index contributed by atoms with van der Waals surface area (Å²) < 4.78 is 16.7. The van der Waals surface area contributed by atoms with Gasteiger partial charge in [-0.25, -0.2) is 14.3 Å². The second kappa shape index (κ2) is 12.2. The van der Waals surface area contributed by atoms with Crippen molar-refractivity contribution in [2.24, 2.45) is 0 Å². The summed E-state index contributed by atoms with van der Waals surface area (Å²) in [7, 11) is 0. The molecule has 4 aromatic rings. The zero-order chi connectivity index (χ0) is 28.7. The first-order valence-electron chi connectivity index (χ1n) is 12.6. The smallest absolute Gasteiger partial charge is 0.411 e. The van der Waals surface area contributed by atoms with E-state index in [0.29, 0.717) is 22.8 Å². The lowest BCUT2D eigenvalue weighted by atomic mass is 10.1. The number of ether oxygens (including phenoxy) is 2. The molecule has 0 aliphatic carbocycles. The number of rotatable bonds is 8. The van der Waals surface area contributed by atoms with Crippen molar-refractivity contribution in [1.29, 1.82) is 0 Å². The Hall–Kier alpha value is -5.00. The number of hydrogen-bond acceptors (Lipinski definition) is 9. The van der Waals surface area contributed by atoms with E-state index in [1.54, 1.807) is 52.0 Å². The second-order valence-corrected chi connectivity index (χ2v) is 9.70. The van der Waals surface area contributed by atoms with E-state index >= 15 is 0 Å². The number of carbonyl (C=O) groups excluding carboxylic acids is 2. The van der Waals surface area contributed by atoms with E-state index in [-0.39, 0.29) is 31.1 Å². The quantitative estimate of drug-likeness (QED) is 0.323. The van der Waals surface area contributed by atoms with Crippen LogP contribution in [0.25, 0.3) is 22.6 Å². The first-order valence-corrected chi connectivity index (χ1v) is 12.6. The predicted molar refractivity (Wildman–Crippen MR) is 146 cm³/mol. The summed E-state index contributed by atoms with van der Waals surface area (Å²) >= 11 is 0. The molecule has 2 N–H and O–H groups in total. The van der Waals surface area contributed by atoms with E-state index in [2.05, 4.69) is 25.9 Å². The van der Waals surface area contributed by atoms with Crippen LogP contribution in [-0.2, 0) is 22.6 Å². The fourth-order valence-electron chi connectivity index (χ4n) is 3.62. The van der Waals surface area contributed by atoms with Gasteiger partial charge in [-0.1, -0.05) is 41.6 Å². The molecule has 40 heavy (non-hydrogen) atoms. The predicted octanol–water partition coefficient (Wildman–Crippen LogP) is 4.60. The van der Waals surface area contributed by atoms with E-state index in [9.17, 15) is 14.4 Å². The highest BCUT2D eigenvalue weighted by molar-refractivity contribution is 5.84. The fraction of sp³-hybridized carbons (Fsp3) is 0.286. The van der Waals surface area contributed by atoms with Crippen LogP contribution in [0.2, 0.25) is 0 Å². The summed E-state index contributed by atoms with van der Waals surface area (Å²) in [5, 5.41) is 13.7. The Morgan fingerprint density at radius 2 is 1.75 bits per heavy atom. The molecule has 0 fully saturated rings. The van der Waals surface area contributed by atoms with Gasteiger partial charge in [0.05, 0.1) is 18.8 Å². The lowest BCUT2D eigenvalue weighted by Gasteiger charge is -2.19. The molecule has 4 rings (SSSR count). The van der Waals surface area contributed by atoms with Crippen LogP contribution in [0.15, 0.2) is 70.0 Å². The minimum atomic E-state index is -0.609. The summed E-state index contributed by atoms with van der Waals surface area (Å²) in [6, 6.07) is 17.5. The molecule has 0 aliphatic heterocycles. The largest absolute Gasteiger partial charge is 0.450 e.